The van der Waals surface area contributed by atoms with Crippen LogP contribution < -0.4 is 5.32 Å². The van der Waals surface area contributed by atoms with E-state index in [1.807, 2.05) is 41.3 Å². The monoisotopic (exact) mass is 338 g/mol. The van der Waals surface area contributed by atoms with Crippen LogP contribution in [0.2, 0.25) is 0 Å². The molecule has 0 radical (unpaired) electrons. The standard InChI is InChI=1S/C20H22N2O3/c23-13-11-15-5-9-18(10-6-15)21-20(25)17-7-3-16(4-8-17)14-22-12-1-2-19(22)24/h3-10,23H,1-2,11-14H2,(H,21,25). The number of hydrogen-bond donors (Lipinski definition) is 2. The summed E-state index contributed by atoms with van der Waals surface area (Å²) in [7, 11) is 0. The summed E-state index contributed by atoms with van der Waals surface area (Å²) in [4.78, 5) is 25.8. The first-order valence-electron chi connectivity index (χ1n) is 8.53. The Morgan fingerprint density at radius 2 is 1.72 bits per heavy atom. The molecule has 0 saturated carbocycles. The van der Waals surface area contributed by atoms with E-state index >= 15 is 0 Å². The molecular weight excluding hydrogens is 316 g/mol. The topological polar surface area (TPSA) is 69.6 Å². The first kappa shape index (κ1) is 17.2. The quantitative estimate of drug-likeness (QED) is 0.850. The summed E-state index contributed by atoms with van der Waals surface area (Å²) in [5.41, 5.74) is 3.36. The summed E-state index contributed by atoms with van der Waals surface area (Å²) in [5.74, 6) is 0.0326. The molecule has 1 saturated heterocycles. The van der Waals surface area contributed by atoms with Crippen LogP contribution in [-0.2, 0) is 17.8 Å². The van der Waals surface area contributed by atoms with Crippen molar-refractivity contribution in [2.45, 2.75) is 25.8 Å². The minimum absolute atomic E-state index is 0.112. The van der Waals surface area contributed by atoms with E-state index in [4.69, 9.17) is 5.11 Å². The van der Waals surface area contributed by atoms with Gasteiger partial charge < -0.3 is 15.3 Å². The molecule has 3 rings (SSSR count). The molecule has 2 aromatic carbocycles. The summed E-state index contributed by atoms with van der Waals surface area (Å²) < 4.78 is 0. The second-order valence-electron chi connectivity index (χ2n) is 6.24. The second-order valence-corrected chi connectivity index (χ2v) is 6.24. The van der Waals surface area contributed by atoms with E-state index in [0.29, 0.717) is 24.9 Å². The lowest BCUT2D eigenvalue weighted by atomic mass is 10.1. The van der Waals surface area contributed by atoms with Crippen LogP contribution >= 0.6 is 0 Å². The van der Waals surface area contributed by atoms with Gasteiger partial charge in [-0.1, -0.05) is 24.3 Å². The fourth-order valence-electron chi connectivity index (χ4n) is 2.94. The lowest BCUT2D eigenvalue weighted by Gasteiger charge is -2.15. The molecule has 130 valence electrons. The van der Waals surface area contributed by atoms with Crippen molar-refractivity contribution in [3.8, 4) is 0 Å². The summed E-state index contributed by atoms with van der Waals surface area (Å²) in [5, 5.41) is 11.8. The number of anilines is 1. The van der Waals surface area contributed by atoms with Crippen LogP contribution in [0.5, 0.6) is 0 Å². The van der Waals surface area contributed by atoms with Gasteiger partial charge in [-0.05, 0) is 48.2 Å². The normalized spacial score (nSPS) is 14.0. The number of hydrogen-bond acceptors (Lipinski definition) is 3. The van der Waals surface area contributed by atoms with Crippen LogP contribution in [0.1, 0.15) is 34.3 Å². The number of rotatable bonds is 6. The molecule has 5 heteroatoms. The van der Waals surface area contributed by atoms with Crippen LogP contribution in [0.3, 0.4) is 0 Å². The molecule has 0 aromatic heterocycles. The highest BCUT2D eigenvalue weighted by molar-refractivity contribution is 6.04. The second kappa shape index (κ2) is 7.94. The fraction of sp³-hybridized carbons (Fsp3) is 0.300. The Morgan fingerprint density at radius 1 is 1.04 bits per heavy atom. The Kier molecular flexibility index (Phi) is 5.46. The van der Waals surface area contributed by atoms with E-state index in [2.05, 4.69) is 5.32 Å². The number of likely N-dealkylation sites (tertiary alicyclic amines) is 1. The van der Waals surface area contributed by atoms with Gasteiger partial charge in [-0.25, -0.2) is 0 Å². The summed E-state index contributed by atoms with van der Waals surface area (Å²) >= 11 is 0. The Hall–Kier alpha value is -2.66. The van der Waals surface area contributed by atoms with Crippen molar-refractivity contribution in [1.29, 1.82) is 0 Å². The highest BCUT2D eigenvalue weighted by atomic mass is 16.3. The number of amides is 2. The van der Waals surface area contributed by atoms with Gasteiger partial charge >= 0.3 is 0 Å². The third-order valence-electron chi connectivity index (χ3n) is 4.37. The van der Waals surface area contributed by atoms with Gasteiger partial charge in [0, 0.05) is 37.4 Å². The summed E-state index contributed by atoms with van der Waals surface area (Å²) in [6.45, 7) is 1.53. The number of carbonyl (C=O) groups is 2. The van der Waals surface area contributed by atoms with Crippen molar-refractivity contribution in [3.63, 3.8) is 0 Å². The molecule has 1 fully saturated rings. The van der Waals surface area contributed by atoms with Crippen LogP contribution in [0.15, 0.2) is 48.5 Å². The number of nitrogens with one attached hydrogen (secondary N) is 1. The van der Waals surface area contributed by atoms with Gasteiger partial charge in [0.05, 0.1) is 0 Å². The average molecular weight is 338 g/mol. The molecule has 2 aromatic rings. The predicted octanol–water partition coefficient (Wildman–Crippen LogP) is 2.60. The average Bonchev–Trinajstić information content (AvgIpc) is 3.02. The Morgan fingerprint density at radius 3 is 2.32 bits per heavy atom. The lowest BCUT2D eigenvalue weighted by molar-refractivity contribution is -0.128. The molecule has 2 amide bonds. The number of carbonyl (C=O) groups excluding carboxylic acids is 2. The van der Waals surface area contributed by atoms with E-state index in [-0.39, 0.29) is 18.4 Å². The zero-order valence-electron chi connectivity index (χ0n) is 14.1. The molecule has 0 bridgehead atoms. The Balaban J connectivity index is 1.59. The molecule has 2 N–H and O–H groups in total. The molecule has 0 atom stereocenters. The Bertz CT molecular complexity index is 739. The molecule has 0 spiro atoms. The molecule has 1 heterocycles. The van der Waals surface area contributed by atoms with Crippen molar-refractivity contribution in [2.75, 3.05) is 18.5 Å². The first-order valence-corrected chi connectivity index (χ1v) is 8.53. The maximum Gasteiger partial charge on any atom is 0.255 e. The summed E-state index contributed by atoms with van der Waals surface area (Å²) in [6, 6.07) is 14.8. The van der Waals surface area contributed by atoms with Crippen molar-refractivity contribution >= 4 is 17.5 Å². The smallest absolute Gasteiger partial charge is 0.255 e. The number of nitrogens with zero attached hydrogens (tertiary/aromatic N) is 1. The fourth-order valence-corrected chi connectivity index (χ4v) is 2.94. The maximum absolute atomic E-state index is 12.3. The lowest BCUT2D eigenvalue weighted by Crippen LogP contribution is -2.23. The van der Waals surface area contributed by atoms with Crippen LogP contribution in [-0.4, -0.2) is 35.0 Å². The van der Waals surface area contributed by atoms with Gasteiger partial charge in [0.1, 0.15) is 0 Å². The van der Waals surface area contributed by atoms with Crippen molar-refractivity contribution in [1.82, 2.24) is 4.90 Å². The van der Waals surface area contributed by atoms with Crippen molar-refractivity contribution in [3.05, 3.63) is 65.2 Å². The van der Waals surface area contributed by atoms with Gasteiger partial charge in [0.25, 0.3) is 5.91 Å². The molecule has 0 unspecified atom stereocenters. The molecule has 1 aliphatic heterocycles. The van der Waals surface area contributed by atoms with Gasteiger partial charge in [0.15, 0.2) is 0 Å². The molecule has 1 aliphatic rings. The number of aliphatic hydroxyl groups excluding tert-OH is 1. The van der Waals surface area contributed by atoms with E-state index in [1.165, 1.54) is 0 Å². The Labute approximate surface area is 147 Å². The number of aliphatic hydroxyl groups is 1. The van der Waals surface area contributed by atoms with E-state index in [9.17, 15) is 9.59 Å². The number of benzene rings is 2. The highest BCUT2D eigenvalue weighted by Gasteiger charge is 2.19. The summed E-state index contributed by atoms with van der Waals surface area (Å²) in [6.07, 6.45) is 2.17. The molecule has 25 heavy (non-hydrogen) atoms. The van der Waals surface area contributed by atoms with Gasteiger partial charge in [-0.3, -0.25) is 9.59 Å². The molecule has 5 nitrogen and oxygen atoms in total. The third-order valence-corrected chi connectivity index (χ3v) is 4.37. The highest BCUT2D eigenvalue weighted by Crippen LogP contribution is 2.16. The van der Waals surface area contributed by atoms with Crippen molar-refractivity contribution in [2.24, 2.45) is 0 Å². The van der Waals surface area contributed by atoms with Crippen LogP contribution in [0, 0.1) is 0 Å². The minimum Gasteiger partial charge on any atom is -0.396 e. The minimum atomic E-state index is -0.168. The van der Waals surface area contributed by atoms with Crippen molar-refractivity contribution < 1.29 is 14.7 Å². The zero-order valence-corrected chi connectivity index (χ0v) is 14.1. The van der Waals surface area contributed by atoms with Crippen LogP contribution in [0.25, 0.3) is 0 Å². The van der Waals surface area contributed by atoms with E-state index < -0.39 is 0 Å². The molecular formula is C20H22N2O3. The van der Waals surface area contributed by atoms with Gasteiger partial charge in [-0.15, -0.1) is 0 Å². The van der Waals surface area contributed by atoms with Crippen LogP contribution in [0.4, 0.5) is 5.69 Å². The SMILES string of the molecule is O=C(Nc1ccc(CCO)cc1)c1ccc(CN2CCCC2=O)cc1. The zero-order chi connectivity index (χ0) is 17.6. The maximum atomic E-state index is 12.3. The third kappa shape index (κ3) is 4.45. The van der Waals surface area contributed by atoms with E-state index in [1.54, 1.807) is 12.1 Å². The van der Waals surface area contributed by atoms with Gasteiger partial charge in [0.2, 0.25) is 5.91 Å². The predicted molar refractivity (Wildman–Crippen MR) is 96.3 cm³/mol. The van der Waals surface area contributed by atoms with E-state index in [0.717, 1.165) is 29.8 Å². The van der Waals surface area contributed by atoms with Gasteiger partial charge in [-0.2, -0.15) is 0 Å². The molecule has 0 aliphatic carbocycles. The first-order chi connectivity index (χ1) is 12.2. The largest absolute Gasteiger partial charge is 0.396 e.